The summed E-state index contributed by atoms with van der Waals surface area (Å²) in [7, 11) is 3.23. The van der Waals surface area contributed by atoms with Gasteiger partial charge in [0, 0.05) is 55.5 Å². The Bertz CT molecular complexity index is 1270. The number of amides is 1. The normalized spacial score (nSPS) is 22.5. The molecule has 2 fully saturated rings. The molecular formula is C28H34N6O2S. The number of hydrogen-bond donors (Lipinski definition) is 3. The molecule has 2 aliphatic heterocycles. The van der Waals surface area contributed by atoms with Crippen LogP contribution in [0, 0.1) is 0 Å². The molecule has 3 atom stereocenters. The van der Waals surface area contributed by atoms with Gasteiger partial charge in [0.05, 0.1) is 17.2 Å². The van der Waals surface area contributed by atoms with E-state index in [1.807, 2.05) is 42.4 Å². The predicted molar refractivity (Wildman–Crippen MR) is 150 cm³/mol. The van der Waals surface area contributed by atoms with Crippen LogP contribution in [-0.4, -0.2) is 59.3 Å². The average Bonchev–Trinajstić information content (AvgIpc) is 3.56. The molecule has 2 aromatic carbocycles. The number of thioether (sulfide) groups is 1. The van der Waals surface area contributed by atoms with Crippen LogP contribution in [0.3, 0.4) is 0 Å². The molecule has 0 spiro atoms. The third-order valence-electron chi connectivity index (χ3n) is 6.92. The minimum atomic E-state index is -0.130. The number of hydrogen-bond acceptors (Lipinski definition) is 8. The van der Waals surface area contributed by atoms with Gasteiger partial charge in [-0.2, -0.15) is 0 Å². The first-order valence-electron chi connectivity index (χ1n) is 12.6. The first-order chi connectivity index (χ1) is 17.8. The molecule has 3 heterocycles. The summed E-state index contributed by atoms with van der Waals surface area (Å²) in [5.74, 6) is 1.11. The highest BCUT2D eigenvalue weighted by molar-refractivity contribution is 8.08. The van der Waals surface area contributed by atoms with Gasteiger partial charge in [-0.3, -0.25) is 10.1 Å². The Kier molecular flexibility index (Phi) is 7.26. The second-order valence-corrected chi connectivity index (χ2v) is 11.6. The van der Waals surface area contributed by atoms with Crippen molar-refractivity contribution in [3.63, 3.8) is 0 Å². The highest BCUT2D eigenvalue weighted by Gasteiger charge is 2.54. The van der Waals surface area contributed by atoms with Crippen molar-refractivity contribution in [1.82, 2.24) is 20.6 Å². The highest BCUT2D eigenvalue weighted by Crippen LogP contribution is 2.53. The molecule has 0 bridgehead atoms. The van der Waals surface area contributed by atoms with Crippen molar-refractivity contribution in [2.24, 2.45) is 0 Å². The molecule has 3 aromatic rings. The zero-order valence-corrected chi connectivity index (χ0v) is 22.6. The van der Waals surface area contributed by atoms with Gasteiger partial charge < -0.3 is 20.3 Å². The monoisotopic (exact) mass is 518 g/mol. The maximum atomic E-state index is 12.1. The highest BCUT2D eigenvalue weighted by atomic mass is 32.2. The number of carbonyl (C=O) groups is 1. The Morgan fingerprint density at radius 2 is 1.95 bits per heavy atom. The molecule has 37 heavy (non-hydrogen) atoms. The van der Waals surface area contributed by atoms with Crippen LogP contribution in [0.4, 0.5) is 17.3 Å². The zero-order chi connectivity index (χ0) is 26.0. The molecule has 2 saturated heterocycles. The van der Waals surface area contributed by atoms with Crippen molar-refractivity contribution < 1.29 is 9.53 Å². The molecule has 0 radical (unpaired) electrons. The lowest BCUT2D eigenvalue weighted by atomic mass is 10.0. The third kappa shape index (κ3) is 5.99. The van der Waals surface area contributed by atoms with E-state index in [0.29, 0.717) is 28.6 Å². The van der Waals surface area contributed by atoms with E-state index in [9.17, 15) is 4.79 Å². The van der Waals surface area contributed by atoms with E-state index in [0.717, 1.165) is 42.7 Å². The maximum Gasteiger partial charge on any atom is 0.251 e. The summed E-state index contributed by atoms with van der Waals surface area (Å²) in [6, 6.07) is 14.5. The fourth-order valence-electron chi connectivity index (χ4n) is 4.90. The molecule has 8 nitrogen and oxygen atoms in total. The van der Waals surface area contributed by atoms with E-state index in [1.54, 1.807) is 20.2 Å². The Morgan fingerprint density at radius 1 is 1.16 bits per heavy atom. The van der Waals surface area contributed by atoms with Gasteiger partial charge in [-0.05, 0) is 74.2 Å². The summed E-state index contributed by atoms with van der Waals surface area (Å²) in [5.41, 5.74) is 4.83. The van der Waals surface area contributed by atoms with Crippen molar-refractivity contribution in [1.29, 1.82) is 0 Å². The Morgan fingerprint density at radius 3 is 2.70 bits per heavy atom. The fraction of sp³-hybridized carbons (Fsp3) is 0.393. The summed E-state index contributed by atoms with van der Waals surface area (Å²) in [5, 5.41) is 10.4. The summed E-state index contributed by atoms with van der Waals surface area (Å²) < 4.78 is 5.36. The number of anilines is 3. The molecule has 2 aliphatic rings. The molecule has 0 aliphatic carbocycles. The van der Waals surface area contributed by atoms with Crippen LogP contribution in [0.5, 0.6) is 5.75 Å². The largest absolute Gasteiger partial charge is 0.497 e. The number of methoxy groups -OCH3 is 1. The molecule has 5 rings (SSSR count). The summed E-state index contributed by atoms with van der Waals surface area (Å²) in [6.07, 6.45) is 5.22. The van der Waals surface area contributed by atoms with Gasteiger partial charge in [-0.15, -0.1) is 11.8 Å². The number of carbonyl (C=O) groups excluding carboxylic acids is 1. The van der Waals surface area contributed by atoms with Crippen LogP contribution in [0.2, 0.25) is 0 Å². The van der Waals surface area contributed by atoms with Crippen LogP contribution in [-0.2, 0) is 12.8 Å². The molecule has 0 saturated carbocycles. The zero-order valence-electron chi connectivity index (χ0n) is 21.7. The summed E-state index contributed by atoms with van der Waals surface area (Å²) in [4.78, 5) is 23.8. The maximum absolute atomic E-state index is 12.1. The van der Waals surface area contributed by atoms with Gasteiger partial charge in [-0.25, -0.2) is 9.97 Å². The van der Waals surface area contributed by atoms with Crippen molar-refractivity contribution in [2.75, 3.05) is 37.5 Å². The van der Waals surface area contributed by atoms with Gasteiger partial charge in [0.2, 0.25) is 5.95 Å². The average molecular weight is 519 g/mol. The molecular weight excluding hydrogens is 484 g/mol. The minimum Gasteiger partial charge on any atom is -0.497 e. The van der Waals surface area contributed by atoms with E-state index in [1.165, 1.54) is 5.69 Å². The number of benzene rings is 2. The van der Waals surface area contributed by atoms with Gasteiger partial charge in [0.15, 0.2) is 0 Å². The van der Waals surface area contributed by atoms with Crippen LogP contribution in [0.1, 0.15) is 35.3 Å². The molecule has 1 amide bonds. The summed E-state index contributed by atoms with van der Waals surface area (Å²) in [6.45, 7) is 6.59. The molecule has 194 valence electrons. The predicted octanol–water partition coefficient (Wildman–Crippen LogP) is 4.00. The number of aromatic nitrogens is 2. The number of fused-ring (bicyclic) bond motifs is 1. The first-order valence-corrected chi connectivity index (χ1v) is 13.5. The number of ether oxygens (including phenoxy) is 1. The van der Waals surface area contributed by atoms with Crippen LogP contribution >= 0.6 is 11.8 Å². The van der Waals surface area contributed by atoms with Gasteiger partial charge in [0.1, 0.15) is 5.75 Å². The lowest BCUT2D eigenvalue weighted by molar-refractivity contribution is 0.0962. The summed E-state index contributed by atoms with van der Waals surface area (Å²) >= 11 is 2.02. The Balaban J connectivity index is 1.21. The van der Waals surface area contributed by atoms with Crippen LogP contribution in [0.25, 0.3) is 0 Å². The number of rotatable bonds is 8. The van der Waals surface area contributed by atoms with E-state index < -0.39 is 0 Å². The smallest absolute Gasteiger partial charge is 0.251 e. The lowest BCUT2D eigenvalue weighted by Crippen LogP contribution is -2.40. The van der Waals surface area contributed by atoms with E-state index in [4.69, 9.17) is 4.74 Å². The van der Waals surface area contributed by atoms with Crippen molar-refractivity contribution >= 4 is 35.0 Å². The topological polar surface area (TPSA) is 91.4 Å². The van der Waals surface area contributed by atoms with Crippen molar-refractivity contribution in [3.8, 4) is 5.75 Å². The minimum absolute atomic E-state index is 0.130. The molecule has 3 N–H and O–H groups in total. The molecule has 9 heteroatoms. The van der Waals surface area contributed by atoms with Crippen LogP contribution < -0.4 is 25.6 Å². The van der Waals surface area contributed by atoms with E-state index in [-0.39, 0.29) is 10.8 Å². The van der Waals surface area contributed by atoms with E-state index in [2.05, 4.69) is 62.9 Å². The lowest BCUT2D eigenvalue weighted by Gasteiger charge is -2.26. The quantitative estimate of drug-likeness (QED) is 0.386. The fourth-order valence-corrected chi connectivity index (χ4v) is 6.09. The first kappa shape index (κ1) is 25.4. The van der Waals surface area contributed by atoms with Crippen molar-refractivity contribution in [2.45, 2.75) is 42.9 Å². The second-order valence-electron chi connectivity index (χ2n) is 9.90. The Labute approximate surface area is 222 Å². The van der Waals surface area contributed by atoms with Crippen molar-refractivity contribution in [3.05, 3.63) is 71.5 Å². The molecule has 1 aromatic heterocycles. The second kappa shape index (κ2) is 10.6. The number of nitrogens with one attached hydrogen (secondary N) is 3. The number of nitrogens with zero attached hydrogens (tertiary/aromatic N) is 3. The molecule has 1 unspecified atom stereocenters. The Hall–Kier alpha value is -3.30. The SMILES string of the molecule is CNC(=O)c1cc(CCc2cnc(Nc3cccc(N4CC5S[C@]5(C)N[C@H](C)C4)c3)nc2)cc(OC)c1. The van der Waals surface area contributed by atoms with Gasteiger partial charge >= 0.3 is 0 Å². The van der Waals surface area contributed by atoms with Crippen LogP contribution in [0.15, 0.2) is 54.9 Å². The third-order valence-corrected chi connectivity index (χ3v) is 8.47. The van der Waals surface area contributed by atoms with Gasteiger partial charge in [-0.1, -0.05) is 6.07 Å². The standard InChI is InChI=1S/C28H34N6O2S/c1-18-16-34(17-25-28(2,33-18)37-25)23-7-5-6-22(13-23)32-27-30-14-20(15-31-27)9-8-19-10-21(26(35)29-3)12-24(11-19)36-4/h5-7,10-15,18,25,33H,8-9,16-17H2,1-4H3,(H,29,35)(H,30,31,32)/t18-,25?,28+/m1/s1. The number of aryl methyl sites for hydroxylation is 2. The van der Waals surface area contributed by atoms with E-state index >= 15 is 0 Å². The van der Waals surface area contributed by atoms with Gasteiger partial charge in [0.25, 0.3) is 5.91 Å².